The molecule has 0 bridgehead atoms. The van der Waals surface area contributed by atoms with Crippen LogP contribution in [0.2, 0.25) is 0 Å². The minimum Gasteiger partial charge on any atom is -0.497 e. The zero-order valence-electron chi connectivity index (χ0n) is 30.4. The SMILES string of the molecule is COc1ccc2cccc(CCN3CCN(C(=O)c4cccc(C(CCCN5CCN(C)CC5)c5ccc6[nH]c(C)c(C)c6c5)c4)CC3)c2c1. The highest BCUT2D eigenvalue weighted by Gasteiger charge is 2.24. The number of aromatic amines is 1. The lowest BCUT2D eigenvalue weighted by molar-refractivity contribution is 0.0638. The van der Waals surface area contributed by atoms with Crippen LogP contribution in [-0.4, -0.2) is 110 Å². The first-order chi connectivity index (χ1) is 24.4. The van der Waals surface area contributed by atoms with Gasteiger partial charge >= 0.3 is 0 Å². The van der Waals surface area contributed by atoms with Gasteiger partial charge < -0.3 is 24.4 Å². The van der Waals surface area contributed by atoms with Crippen LogP contribution in [0.4, 0.5) is 0 Å². The number of nitrogens with zero attached hydrogens (tertiary/aromatic N) is 4. The van der Waals surface area contributed by atoms with Gasteiger partial charge in [0.2, 0.25) is 0 Å². The summed E-state index contributed by atoms with van der Waals surface area (Å²) in [4.78, 5) is 27.1. The number of aryl methyl sites for hydroxylation is 2. The minimum atomic E-state index is 0.149. The van der Waals surface area contributed by atoms with E-state index in [-0.39, 0.29) is 11.8 Å². The number of nitrogens with one attached hydrogen (secondary N) is 1. The third-order valence-corrected chi connectivity index (χ3v) is 11.4. The molecule has 50 heavy (non-hydrogen) atoms. The van der Waals surface area contributed by atoms with Crippen molar-refractivity contribution >= 4 is 27.6 Å². The largest absolute Gasteiger partial charge is 0.497 e. The summed E-state index contributed by atoms with van der Waals surface area (Å²) < 4.78 is 5.50. The first-order valence-corrected chi connectivity index (χ1v) is 18.5. The van der Waals surface area contributed by atoms with Crippen molar-refractivity contribution in [2.24, 2.45) is 0 Å². The molecular formula is C43H53N5O2. The summed E-state index contributed by atoms with van der Waals surface area (Å²) in [7, 11) is 3.94. The van der Waals surface area contributed by atoms with E-state index in [1.54, 1.807) is 7.11 Å². The Morgan fingerprint density at radius 1 is 0.780 bits per heavy atom. The number of piperazine rings is 2. The van der Waals surface area contributed by atoms with Gasteiger partial charge in [-0.1, -0.05) is 42.5 Å². The zero-order valence-corrected chi connectivity index (χ0v) is 30.4. The normalized spacial score (nSPS) is 17.1. The predicted octanol–water partition coefficient (Wildman–Crippen LogP) is 7.11. The maximum Gasteiger partial charge on any atom is 0.253 e. The van der Waals surface area contributed by atoms with Gasteiger partial charge in [0.05, 0.1) is 7.11 Å². The Morgan fingerprint density at radius 3 is 2.32 bits per heavy atom. The van der Waals surface area contributed by atoms with Gasteiger partial charge in [0.25, 0.3) is 5.91 Å². The van der Waals surface area contributed by atoms with Crippen LogP contribution in [0.15, 0.2) is 78.9 Å². The van der Waals surface area contributed by atoms with E-state index in [0.717, 1.165) is 96.0 Å². The summed E-state index contributed by atoms with van der Waals surface area (Å²) in [6.07, 6.45) is 3.16. The fourth-order valence-electron chi connectivity index (χ4n) is 8.00. The second kappa shape index (κ2) is 15.4. The number of rotatable bonds is 11. The van der Waals surface area contributed by atoms with E-state index in [9.17, 15) is 4.79 Å². The number of hydrogen-bond acceptors (Lipinski definition) is 5. The Labute approximate surface area is 297 Å². The molecule has 262 valence electrons. The van der Waals surface area contributed by atoms with Crippen LogP contribution in [0.1, 0.15) is 57.1 Å². The summed E-state index contributed by atoms with van der Waals surface area (Å²) >= 11 is 0. The number of likely N-dealkylation sites (N-methyl/N-ethyl adjacent to an activating group) is 1. The van der Waals surface area contributed by atoms with Crippen molar-refractivity contribution in [3.63, 3.8) is 0 Å². The number of H-pyrrole nitrogens is 1. The second-order valence-corrected chi connectivity index (χ2v) is 14.5. The van der Waals surface area contributed by atoms with E-state index in [0.29, 0.717) is 0 Å². The first-order valence-electron chi connectivity index (χ1n) is 18.5. The van der Waals surface area contributed by atoms with Crippen molar-refractivity contribution < 1.29 is 9.53 Å². The van der Waals surface area contributed by atoms with Gasteiger partial charge in [-0.15, -0.1) is 0 Å². The number of aromatic nitrogens is 1. The number of ether oxygens (including phenoxy) is 1. The lowest BCUT2D eigenvalue weighted by Crippen LogP contribution is -2.49. The molecule has 2 aliphatic rings. The number of carbonyl (C=O) groups is 1. The maximum atomic E-state index is 14.0. The Hall–Kier alpha value is -4.17. The topological polar surface area (TPSA) is 55.1 Å². The fourth-order valence-corrected chi connectivity index (χ4v) is 8.00. The van der Waals surface area contributed by atoms with Crippen molar-refractivity contribution in [3.8, 4) is 5.75 Å². The molecule has 0 radical (unpaired) electrons. The summed E-state index contributed by atoms with van der Waals surface area (Å²) in [5, 5.41) is 3.80. The molecule has 1 amide bonds. The summed E-state index contributed by atoms with van der Waals surface area (Å²) in [6, 6.07) is 28.3. The number of amides is 1. The molecule has 1 atom stereocenters. The predicted molar refractivity (Wildman–Crippen MR) is 206 cm³/mol. The Bertz CT molecular complexity index is 1930. The minimum absolute atomic E-state index is 0.149. The molecule has 4 aromatic carbocycles. The highest BCUT2D eigenvalue weighted by Crippen LogP contribution is 2.34. The van der Waals surface area contributed by atoms with E-state index in [1.165, 1.54) is 49.6 Å². The third kappa shape index (κ3) is 7.60. The zero-order chi connectivity index (χ0) is 34.6. The molecule has 5 aromatic rings. The van der Waals surface area contributed by atoms with E-state index in [2.05, 4.69) is 112 Å². The maximum absolute atomic E-state index is 14.0. The average molecular weight is 672 g/mol. The Kier molecular flexibility index (Phi) is 10.5. The summed E-state index contributed by atoms with van der Waals surface area (Å²) in [5.41, 5.74) is 8.46. The fraction of sp³-hybridized carbons (Fsp3) is 0.419. The second-order valence-electron chi connectivity index (χ2n) is 14.5. The van der Waals surface area contributed by atoms with Crippen LogP contribution in [0.3, 0.4) is 0 Å². The van der Waals surface area contributed by atoms with E-state index in [1.807, 2.05) is 12.1 Å². The average Bonchev–Trinajstić information content (AvgIpc) is 3.44. The smallest absolute Gasteiger partial charge is 0.253 e. The quantitative estimate of drug-likeness (QED) is 0.162. The van der Waals surface area contributed by atoms with Gasteiger partial charge in [-0.25, -0.2) is 0 Å². The molecule has 1 aromatic heterocycles. The van der Waals surface area contributed by atoms with Gasteiger partial charge in [-0.3, -0.25) is 9.69 Å². The summed E-state index contributed by atoms with van der Waals surface area (Å²) in [6.45, 7) is 14.3. The summed E-state index contributed by atoms with van der Waals surface area (Å²) in [5.74, 6) is 1.28. The number of fused-ring (bicyclic) bond motifs is 2. The standard InChI is InChI=1S/C43H53N5O2/c1-31-32(2)44-42-16-14-36(29-40(31)42)39(12-7-18-46-22-20-45(3)21-23-46)35-10-6-11-37(28-35)43(49)48-26-24-47(25-27-48)19-17-34-9-5-8-33-13-15-38(50-4)30-41(33)34/h5-6,8-11,13-16,28-30,39,44H,7,12,17-27H2,1-4H3. The van der Waals surface area contributed by atoms with Crippen molar-refractivity contribution in [1.29, 1.82) is 0 Å². The van der Waals surface area contributed by atoms with Gasteiger partial charge in [-0.2, -0.15) is 0 Å². The van der Waals surface area contributed by atoms with Gasteiger partial charge in [0, 0.05) is 87.0 Å². The molecule has 2 aliphatic heterocycles. The van der Waals surface area contributed by atoms with Crippen molar-refractivity contribution in [3.05, 3.63) is 112 Å². The van der Waals surface area contributed by atoms with E-state index in [4.69, 9.17) is 4.74 Å². The van der Waals surface area contributed by atoms with Crippen molar-refractivity contribution in [2.45, 2.75) is 39.0 Å². The van der Waals surface area contributed by atoms with Gasteiger partial charge in [-0.05, 0) is 116 Å². The first kappa shape index (κ1) is 34.3. The Morgan fingerprint density at radius 2 is 1.52 bits per heavy atom. The Balaban J connectivity index is 1.02. The van der Waals surface area contributed by atoms with E-state index < -0.39 is 0 Å². The molecule has 3 heterocycles. The van der Waals surface area contributed by atoms with Crippen molar-refractivity contribution in [1.82, 2.24) is 24.6 Å². The molecule has 7 rings (SSSR count). The molecule has 1 unspecified atom stereocenters. The molecule has 0 aliphatic carbocycles. The van der Waals surface area contributed by atoms with Crippen LogP contribution < -0.4 is 4.74 Å². The highest BCUT2D eigenvalue weighted by molar-refractivity contribution is 5.94. The van der Waals surface area contributed by atoms with Crippen molar-refractivity contribution in [2.75, 3.05) is 79.6 Å². The number of hydrogen-bond donors (Lipinski definition) is 1. The molecule has 2 saturated heterocycles. The number of methoxy groups -OCH3 is 1. The van der Waals surface area contributed by atoms with Gasteiger partial charge in [0.1, 0.15) is 5.75 Å². The molecule has 7 heteroatoms. The monoisotopic (exact) mass is 671 g/mol. The number of carbonyl (C=O) groups excluding carboxylic acids is 1. The molecular weight excluding hydrogens is 619 g/mol. The molecule has 2 fully saturated rings. The van der Waals surface area contributed by atoms with Crippen LogP contribution in [0.5, 0.6) is 5.75 Å². The lowest BCUT2D eigenvalue weighted by atomic mass is 9.85. The van der Waals surface area contributed by atoms with Gasteiger partial charge in [0.15, 0.2) is 0 Å². The lowest BCUT2D eigenvalue weighted by Gasteiger charge is -2.35. The molecule has 0 spiro atoms. The van der Waals surface area contributed by atoms with Crippen LogP contribution >= 0.6 is 0 Å². The molecule has 7 nitrogen and oxygen atoms in total. The molecule has 1 N–H and O–H groups in total. The third-order valence-electron chi connectivity index (χ3n) is 11.4. The highest BCUT2D eigenvalue weighted by atomic mass is 16.5. The molecule has 0 saturated carbocycles. The van der Waals surface area contributed by atoms with Crippen LogP contribution in [-0.2, 0) is 6.42 Å². The van der Waals surface area contributed by atoms with Crippen LogP contribution in [0, 0.1) is 13.8 Å². The van der Waals surface area contributed by atoms with Crippen LogP contribution in [0.25, 0.3) is 21.7 Å². The van der Waals surface area contributed by atoms with E-state index >= 15 is 0 Å². The number of benzene rings is 4.